The second-order valence-electron chi connectivity index (χ2n) is 7.65. The first kappa shape index (κ1) is 21.6. The van der Waals surface area contributed by atoms with Crippen LogP contribution >= 0.6 is 11.3 Å². The average molecular weight is 451 g/mol. The maximum atomic E-state index is 13.4. The summed E-state index contributed by atoms with van der Waals surface area (Å²) in [7, 11) is 1.91. The first-order chi connectivity index (χ1) is 15.4. The van der Waals surface area contributed by atoms with E-state index >= 15 is 0 Å². The lowest BCUT2D eigenvalue weighted by molar-refractivity contribution is 0.101. The normalized spacial score (nSPS) is 11.5. The minimum absolute atomic E-state index is 0.275. The highest BCUT2D eigenvalue weighted by Crippen LogP contribution is 2.20. The maximum absolute atomic E-state index is 13.4. The van der Waals surface area contributed by atoms with Crippen LogP contribution in [0.25, 0.3) is 12.2 Å². The van der Waals surface area contributed by atoms with Gasteiger partial charge in [-0.25, -0.2) is 9.97 Å². The largest absolute Gasteiger partial charge is 0.339 e. The summed E-state index contributed by atoms with van der Waals surface area (Å²) in [6.07, 6.45) is 7.04. The summed E-state index contributed by atoms with van der Waals surface area (Å²) < 4.78 is 17.0. The Morgan fingerprint density at radius 3 is 2.88 bits per heavy atom. The highest BCUT2D eigenvalue weighted by Gasteiger charge is 2.13. The third-order valence-corrected chi connectivity index (χ3v) is 5.68. The number of halogens is 1. The first-order valence-electron chi connectivity index (χ1n) is 10.1. The molecule has 4 aromatic heterocycles. The molecule has 0 fully saturated rings. The van der Waals surface area contributed by atoms with Crippen LogP contribution in [-0.4, -0.2) is 30.2 Å². The molecule has 7 nitrogen and oxygen atoms in total. The van der Waals surface area contributed by atoms with Crippen LogP contribution in [0.15, 0.2) is 48.1 Å². The minimum atomic E-state index is -0.546. The Hall–Kier alpha value is -3.59. The van der Waals surface area contributed by atoms with E-state index in [1.807, 2.05) is 29.3 Å². The number of hydrogen-bond acceptors (Lipinski definition) is 5. The summed E-state index contributed by atoms with van der Waals surface area (Å²) in [5.74, 6) is -0.459. The van der Waals surface area contributed by atoms with E-state index in [0.29, 0.717) is 23.3 Å². The zero-order valence-electron chi connectivity index (χ0n) is 18.0. The van der Waals surface area contributed by atoms with Gasteiger partial charge in [0.2, 0.25) is 5.95 Å². The number of nitrogens with one attached hydrogen (secondary N) is 1. The van der Waals surface area contributed by atoms with E-state index in [9.17, 15) is 9.18 Å². The van der Waals surface area contributed by atoms with Gasteiger partial charge >= 0.3 is 0 Å². The van der Waals surface area contributed by atoms with Crippen LogP contribution in [-0.2, 0) is 13.6 Å². The fourth-order valence-corrected chi connectivity index (χ4v) is 3.86. The quantitative estimate of drug-likeness (QED) is 0.410. The summed E-state index contributed by atoms with van der Waals surface area (Å²) in [6.45, 7) is 4.58. The van der Waals surface area contributed by atoms with Crippen molar-refractivity contribution >= 4 is 34.5 Å². The summed E-state index contributed by atoms with van der Waals surface area (Å²) in [4.78, 5) is 20.8. The van der Waals surface area contributed by atoms with E-state index in [4.69, 9.17) is 0 Å². The van der Waals surface area contributed by atoms with Crippen molar-refractivity contribution < 1.29 is 9.18 Å². The fraction of sp³-hybridized carbons (Fsp3) is 0.217. The number of amides is 1. The van der Waals surface area contributed by atoms with E-state index in [0.717, 1.165) is 22.6 Å². The molecule has 1 amide bonds. The van der Waals surface area contributed by atoms with Crippen LogP contribution in [0.3, 0.4) is 0 Å². The van der Waals surface area contributed by atoms with Crippen LogP contribution < -0.4 is 5.32 Å². The lowest BCUT2D eigenvalue weighted by atomic mass is 10.1. The maximum Gasteiger partial charge on any atom is 0.274 e. The van der Waals surface area contributed by atoms with E-state index in [2.05, 4.69) is 40.3 Å². The molecule has 0 spiro atoms. The van der Waals surface area contributed by atoms with Crippen molar-refractivity contribution in [1.82, 2.24) is 24.3 Å². The third-order valence-electron chi connectivity index (χ3n) is 4.90. The highest BCUT2D eigenvalue weighted by atomic mass is 32.1. The number of pyridine rings is 1. The van der Waals surface area contributed by atoms with Gasteiger partial charge < -0.3 is 4.57 Å². The van der Waals surface area contributed by atoms with Crippen molar-refractivity contribution in [2.24, 2.45) is 7.05 Å². The number of thiazole rings is 1. The molecule has 4 rings (SSSR count). The Bertz CT molecular complexity index is 1270. The lowest BCUT2D eigenvalue weighted by Crippen LogP contribution is -2.17. The predicted octanol–water partition coefficient (Wildman–Crippen LogP) is 4.81. The van der Waals surface area contributed by atoms with E-state index < -0.39 is 5.95 Å². The molecule has 0 saturated heterocycles. The van der Waals surface area contributed by atoms with Crippen LogP contribution in [0.4, 0.5) is 9.52 Å². The number of aryl methyl sites for hydroxylation is 1. The number of aromatic nitrogens is 5. The number of carbonyl (C=O) groups is 1. The van der Waals surface area contributed by atoms with E-state index in [1.165, 1.54) is 23.6 Å². The first-order valence-corrected chi connectivity index (χ1v) is 11.0. The molecular weight excluding hydrogens is 427 g/mol. The third kappa shape index (κ3) is 5.00. The van der Waals surface area contributed by atoms with E-state index in [1.54, 1.807) is 29.0 Å². The van der Waals surface area contributed by atoms with Crippen LogP contribution in [0.5, 0.6) is 0 Å². The molecule has 0 atom stereocenters. The molecule has 0 aliphatic heterocycles. The SMILES string of the molecule is CC(C)c1cc(C=Cc2csc(NC(=O)c3cccn3Cc3ccnc(F)c3)n2)n(C)n1. The van der Waals surface area contributed by atoms with Crippen molar-refractivity contribution in [2.45, 2.75) is 26.3 Å². The molecule has 0 saturated carbocycles. The molecule has 0 aliphatic rings. The molecule has 4 heterocycles. The zero-order valence-corrected chi connectivity index (χ0v) is 18.8. The summed E-state index contributed by atoms with van der Waals surface area (Å²) in [5, 5.41) is 9.73. The molecule has 0 bridgehead atoms. The second kappa shape index (κ2) is 9.27. The highest BCUT2D eigenvalue weighted by molar-refractivity contribution is 7.14. The van der Waals surface area contributed by atoms with Crippen molar-refractivity contribution in [1.29, 1.82) is 0 Å². The van der Waals surface area contributed by atoms with Gasteiger partial charge in [-0.2, -0.15) is 9.49 Å². The van der Waals surface area contributed by atoms with Crippen LogP contribution in [0.2, 0.25) is 0 Å². The molecular formula is C23H23FN6OS. The summed E-state index contributed by atoms with van der Waals surface area (Å²) in [6, 6.07) is 8.63. The van der Waals surface area contributed by atoms with Gasteiger partial charge in [-0.3, -0.25) is 14.8 Å². The standard InChI is InChI=1S/C23H23FN6OS/c1-15(2)19-12-18(29(3)28-19)7-6-17-14-32-23(26-17)27-22(31)20-5-4-10-30(20)13-16-8-9-25-21(24)11-16/h4-12,14-15H,13H2,1-3H3,(H,26,27,31). The molecule has 9 heteroatoms. The van der Waals surface area contributed by atoms with Gasteiger partial charge in [-0.05, 0) is 54.0 Å². The topological polar surface area (TPSA) is 77.6 Å². The van der Waals surface area contributed by atoms with Gasteiger partial charge in [0, 0.05) is 31.4 Å². The van der Waals surface area contributed by atoms with Crippen molar-refractivity contribution in [3.8, 4) is 0 Å². The molecule has 0 unspecified atom stereocenters. The Morgan fingerprint density at radius 2 is 2.12 bits per heavy atom. The van der Waals surface area contributed by atoms with Crippen molar-refractivity contribution in [2.75, 3.05) is 5.32 Å². The smallest absolute Gasteiger partial charge is 0.274 e. The Kier molecular flexibility index (Phi) is 6.27. The Morgan fingerprint density at radius 1 is 1.28 bits per heavy atom. The number of carbonyl (C=O) groups excluding carboxylic acids is 1. The molecule has 1 N–H and O–H groups in total. The predicted molar refractivity (Wildman–Crippen MR) is 124 cm³/mol. The van der Waals surface area contributed by atoms with Gasteiger partial charge in [0.05, 0.1) is 17.1 Å². The van der Waals surface area contributed by atoms with Gasteiger partial charge in [-0.1, -0.05) is 13.8 Å². The molecule has 164 valence electrons. The van der Waals surface area contributed by atoms with Gasteiger partial charge in [0.15, 0.2) is 5.13 Å². The Labute approximate surface area is 189 Å². The molecule has 4 aromatic rings. The minimum Gasteiger partial charge on any atom is -0.339 e. The molecule has 0 aliphatic carbocycles. The lowest BCUT2D eigenvalue weighted by Gasteiger charge is -2.09. The van der Waals surface area contributed by atoms with Crippen molar-refractivity contribution in [3.63, 3.8) is 0 Å². The summed E-state index contributed by atoms with van der Waals surface area (Å²) >= 11 is 1.35. The van der Waals surface area contributed by atoms with Crippen molar-refractivity contribution in [3.05, 3.63) is 82.4 Å². The molecule has 0 radical (unpaired) electrons. The zero-order chi connectivity index (χ0) is 22.7. The number of nitrogens with zero attached hydrogens (tertiary/aromatic N) is 5. The molecule has 0 aromatic carbocycles. The average Bonchev–Trinajstić information content (AvgIpc) is 3.47. The molecule has 32 heavy (non-hydrogen) atoms. The second-order valence-corrected chi connectivity index (χ2v) is 8.50. The van der Waals surface area contributed by atoms with Gasteiger partial charge in [-0.15, -0.1) is 11.3 Å². The summed E-state index contributed by atoms with van der Waals surface area (Å²) in [5.41, 5.74) is 3.96. The van der Waals surface area contributed by atoms with E-state index in [-0.39, 0.29) is 5.91 Å². The van der Waals surface area contributed by atoms with Crippen LogP contribution in [0.1, 0.15) is 52.9 Å². The number of hydrogen-bond donors (Lipinski definition) is 1. The number of anilines is 1. The van der Waals surface area contributed by atoms with Gasteiger partial charge in [0.1, 0.15) is 5.69 Å². The fourth-order valence-electron chi connectivity index (χ4n) is 3.19. The van der Waals surface area contributed by atoms with Gasteiger partial charge in [0.25, 0.3) is 5.91 Å². The van der Waals surface area contributed by atoms with Crippen LogP contribution in [0, 0.1) is 5.95 Å². The Balaban J connectivity index is 1.43. The monoisotopic (exact) mass is 450 g/mol. The number of rotatable bonds is 7.